The third-order valence-electron chi connectivity index (χ3n) is 9.14. The molecule has 5 aromatic carbocycles. The van der Waals surface area contributed by atoms with Gasteiger partial charge in [-0.1, -0.05) is 182 Å². The summed E-state index contributed by atoms with van der Waals surface area (Å²) in [5.74, 6) is 0. The van der Waals surface area contributed by atoms with Crippen LogP contribution >= 0.6 is 31.9 Å². The van der Waals surface area contributed by atoms with E-state index in [1.807, 2.05) is 0 Å². The number of benzene rings is 5. The molecule has 0 N–H and O–H groups in total. The number of hydrogen-bond donors (Lipinski definition) is 0. The van der Waals surface area contributed by atoms with Gasteiger partial charge in [0.1, 0.15) is 0 Å². The Bertz CT molecular complexity index is 1500. The zero-order chi connectivity index (χ0) is 32.1. The number of aryl methyl sites for hydroxylation is 2. The Balaban J connectivity index is 1.60. The van der Waals surface area contributed by atoms with Crippen LogP contribution in [-0.4, -0.2) is 0 Å². The third kappa shape index (κ3) is 9.33. The van der Waals surface area contributed by atoms with Crippen molar-refractivity contribution in [3.8, 4) is 44.5 Å². The average molecular weight is 737 g/mol. The van der Waals surface area contributed by atoms with E-state index >= 15 is 0 Å². The molecule has 0 aliphatic rings. The molecule has 0 aliphatic carbocycles. The van der Waals surface area contributed by atoms with Crippen LogP contribution in [0.4, 0.5) is 0 Å². The van der Waals surface area contributed by atoms with Crippen molar-refractivity contribution < 1.29 is 0 Å². The van der Waals surface area contributed by atoms with Gasteiger partial charge in [-0.25, -0.2) is 0 Å². The van der Waals surface area contributed by atoms with E-state index in [-0.39, 0.29) is 0 Å². The summed E-state index contributed by atoms with van der Waals surface area (Å²) in [5.41, 5.74) is 13.0. The molecule has 0 atom stereocenters. The molecule has 0 amide bonds. The molecule has 5 aromatic rings. The molecule has 46 heavy (non-hydrogen) atoms. The fourth-order valence-electron chi connectivity index (χ4n) is 6.48. The third-order valence-corrected chi connectivity index (χ3v) is 10.2. The summed E-state index contributed by atoms with van der Waals surface area (Å²) in [7, 11) is 0. The van der Waals surface area contributed by atoms with Gasteiger partial charge in [0.15, 0.2) is 0 Å². The second-order valence-corrected chi connectivity index (χ2v) is 14.5. The number of halogens is 2. The Morgan fingerprint density at radius 2 is 0.674 bits per heavy atom. The maximum atomic E-state index is 3.66. The minimum absolute atomic E-state index is 1.10. The summed E-state index contributed by atoms with van der Waals surface area (Å²) in [4.78, 5) is 0. The minimum Gasteiger partial charge on any atom is -0.0654 e. The van der Waals surface area contributed by atoms with E-state index in [1.165, 1.54) is 120 Å². The zero-order valence-corrected chi connectivity index (χ0v) is 30.8. The summed E-state index contributed by atoms with van der Waals surface area (Å²) < 4.78 is 2.19. The highest BCUT2D eigenvalue weighted by molar-refractivity contribution is 9.10. The first kappa shape index (κ1) is 34.4. The van der Waals surface area contributed by atoms with Crippen LogP contribution in [0.5, 0.6) is 0 Å². The van der Waals surface area contributed by atoms with Crippen molar-refractivity contribution in [1.82, 2.24) is 0 Å². The highest BCUT2D eigenvalue weighted by Crippen LogP contribution is 2.46. The van der Waals surface area contributed by atoms with Gasteiger partial charge in [-0.2, -0.15) is 0 Å². The smallest absolute Gasteiger partial charge is 0.0175 e. The average Bonchev–Trinajstić information content (AvgIpc) is 3.09. The van der Waals surface area contributed by atoms with Gasteiger partial charge in [-0.15, -0.1) is 0 Å². The molecule has 0 nitrogen and oxygen atoms in total. The maximum Gasteiger partial charge on any atom is 0.0175 e. The van der Waals surface area contributed by atoms with Crippen LogP contribution < -0.4 is 0 Å². The molecule has 2 heteroatoms. The lowest BCUT2D eigenvalue weighted by Gasteiger charge is -2.21. The summed E-state index contributed by atoms with van der Waals surface area (Å²) >= 11 is 7.31. The van der Waals surface area contributed by atoms with E-state index < -0.39 is 0 Å². The van der Waals surface area contributed by atoms with Crippen LogP contribution in [-0.2, 0) is 12.8 Å². The Hall–Kier alpha value is -2.94. The fourth-order valence-corrected chi connectivity index (χ4v) is 7.01. The predicted molar refractivity (Wildman–Crippen MR) is 209 cm³/mol. The molecule has 0 radical (unpaired) electrons. The lowest BCUT2D eigenvalue weighted by Crippen LogP contribution is -1.96. The highest BCUT2D eigenvalue weighted by Gasteiger charge is 2.19. The van der Waals surface area contributed by atoms with Gasteiger partial charge in [0, 0.05) is 8.95 Å². The second kappa shape index (κ2) is 17.8. The van der Waals surface area contributed by atoms with E-state index in [9.17, 15) is 0 Å². The Kier molecular flexibility index (Phi) is 13.3. The van der Waals surface area contributed by atoms with Crippen molar-refractivity contribution in [3.05, 3.63) is 129 Å². The maximum absolute atomic E-state index is 3.66. The zero-order valence-electron chi connectivity index (χ0n) is 27.6. The molecule has 0 saturated carbocycles. The standard InChI is InChI=1S/C44H48Br2/c1-3-5-7-9-11-13-33-15-19-37(20-16-33)43-41(35-23-27-39(45)28-24-35)31-32-42(36-25-29-40(46)30-26-36)44(43)38-21-17-34(18-22-38)14-12-10-8-6-4-2/h15-32H,3-14H2,1-2H3. The normalized spacial score (nSPS) is 11.2. The first-order valence-electron chi connectivity index (χ1n) is 17.4. The molecule has 0 spiro atoms. The minimum atomic E-state index is 1.10. The summed E-state index contributed by atoms with van der Waals surface area (Å²) in [6.45, 7) is 4.57. The van der Waals surface area contributed by atoms with Gasteiger partial charge in [0.05, 0.1) is 0 Å². The van der Waals surface area contributed by atoms with Crippen molar-refractivity contribution in [3.63, 3.8) is 0 Å². The van der Waals surface area contributed by atoms with E-state index in [4.69, 9.17) is 0 Å². The Morgan fingerprint density at radius 3 is 1.02 bits per heavy atom. The van der Waals surface area contributed by atoms with Crippen LogP contribution in [0, 0.1) is 0 Å². The number of rotatable bonds is 16. The summed E-state index contributed by atoms with van der Waals surface area (Å²) in [6, 6.07) is 41.1. The SMILES string of the molecule is CCCCCCCc1ccc(-c2c(-c3ccc(Br)cc3)ccc(-c3ccc(Br)cc3)c2-c2ccc(CCCCCCC)cc2)cc1. The van der Waals surface area contributed by atoms with Crippen LogP contribution in [0.15, 0.2) is 118 Å². The largest absolute Gasteiger partial charge is 0.0654 e. The molecule has 0 fully saturated rings. The van der Waals surface area contributed by atoms with Crippen molar-refractivity contribution in [1.29, 1.82) is 0 Å². The van der Waals surface area contributed by atoms with Crippen LogP contribution in [0.25, 0.3) is 44.5 Å². The molecule has 0 saturated heterocycles. The van der Waals surface area contributed by atoms with Gasteiger partial charge in [0.25, 0.3) is 0 Å². The van der Waals surface area contributed by atoms with Crippen LogP contribution in [0.2, 0.25) is 0 Å². The Labute approximate surface area is 295 Å². The van der Waals surface area contributed by atoms with Gasteiger partial charge >= 0.3 is 0 Å². The molecule has 238 valence electrons. The van der Waals surface area contributed by atoms with Crippen molar-refractivity contribution in [2.75, 3.05) is 0 Å². The number of unbranched alkanes of at least 4 members (excludes halogenated alkanes) is 8. The van der Waals surface area contributed by atoms with Gasteiger partial charge in [-0.3, -0.25) is 0 Å². The first-order chi connectivity index (χ1) is 22.6. The molecular formula is C44H48Br2. The lowest BCUT2D eigenvalue weighted by atomic mass is 9.82. The van der Waals surface area contributed by atoms with Gasteiger partial charge in [-0.05, 0) is 106 Å². The van der Waals surface area contributed by atoms with Crippen molar-refractivity contribution in [2.45, 2.75) is 90.9 Å². The molecular weight excluding hydrogens is 688 g/mol. The van der Waals surface area contributed by atoms with E-state index in [2.05, 4.69) is 155 Å². The molecule has 0 bridgehead atoms. The quantitative estimate of drug-likeness (QED) is 0.0885. The highest BCUT2D eigenvalue weighted by atomic mass is 79.9. The first-order valence-corrected chi connectivity index (χ1v) is 19.0. The van der Waals surface area contributed by atoms with Crippen LogP contribution in [0.1, 0.15) is 89.2 Å². The second-order valence-electron chi connectivity index (χ2n) is 12.6. The lowest BCUT2D eigenvalue weighted by molar-refractivity contribution is 0.632. The molecule has 0 heterocycles. The monoisotopic (exact) mass is 734 g/mol. The van der Waals surface area contributed by atoms with Gasteiger partial charge < -0.3 is 0 Å². The van der Waals surface area contributed by atoms with Crippen molar-refractivity contribution >= 4 is 31.9 Å². The Morgan fingerprint density at radius 1 is 0.348 bits per heavy atom. The molecule has 0 aromatic heterocycles. The molecule has 0 aliphatic heterocycles. The van der Waals surface area contributed by atoms with Gasteiger partial charge in [0.2, 0.25) is 0 Å². The molecule has 0 unspecified atom stereocenters. The predicted octanol–water partition coefficient (Wildman–Crippen LogP) is 14.9. The summed E-state index contributed by atoms with van der Waals surface area (Å²) in [6.07, 6.45) is 15.4. The number of hydrogen-bond acceptors (Lipinski definition) is 0. The van der Waals surface area contributed by atoms with Crippen molar-refractivity contribution in [2.24, 2.45) is 0 Å². The molecule has 5 rings (SSSR count). The van der Waals surface area contributed by atoms with E-state index in [1.54, 1.807) is 0 Å². The summed E-state index contributed by atoms with van der Waals surface area (Å²) in [5, 5.41) is 0. The fraction of sp³-hybridized carbons (Fsp3) is 0.318. The van der Waals surface area contributed by atoms with E-state index in [0.29, 0.717) is 0 Å². The topological polar surface area (TPSA) is 0 Å². The van der Waals surface area contributed by atoms with E-state index in [0.717, 1.165) is 21.8 Å². The van der Waals surface area contributed by atoms with Crippen LogP contribution in [0.3, 0.4) is 0 Å².